The molecule has 2 heterocycles. The van der Waals surface area contributed by atoms with Crippen LogP contribution in [0.5, 0.6) is 0 Å². The molecule has 4 heteroatoms. The van der Waals surface area contributed by atoms with Gasteiger partial charge in [0.2, 0.25) is 0 Å². The number of hydrogen-bond acceptors (Lipinski definition) is 4. The van der Waals surface area contributed by atoms with Crippen molar-refractivity contribution in [2.24, 2.45) is 0 Å². The Morgan fingerprint density at radius 1 is 1.12 bits per heavy atom. The Balaban J connectivity index is 1.99. The lowest BCUT2D eigenvalue weighted by Crippen LogP contribution is -2.01. The van der Waals surface area contributed by atoms with E-state index in [0.717, 1.165) is 29.2 Å². The molecule has 17 heavy (non-hydrogen) atoms. The average molecular weight is 228 g/mol. The number of rotatable bonds is 4. The molecular weight excluding hydrogens is 212 g/mol. The highest BCUT2D eigenvalue weighted by Crippen LogP contribution is 2.13. The second kappa shape index (κ2) is 5.30. The van der Waals surface area contributed by atoms with Crippen LogP contribution in [0.15, 0.2) is 36.8 Å². The Morgan fingerprint density at radius 2 is 1.94 bits per heavy atom. The quantitative estimate of drug-likeness (QED) is 0.844. The van der Waals surface area contributed by atoms with E-state index in [4.69, 9.17) is 0 Å². The number of aryl methyl sites for hydroxylation is 1. The van der Waals surface area contributed by atoms with Crippen LogP contribution in [0.2, 0.25) is 0 Å². The standard InChI is InChI=1S/C13H16N4/c1-10-3-4-11(6-16-10)7-17-13-5-12(14-2)8-15-9-13/h3-6,8-9,14,17H,7H2,1-2H3. The minimum atomic E-state index is 0.752. The summed E-state index contributed by atoms with van der Waals surface area (Å²) in [6.07, 6.45) is 5.48. The van der Waals surface area contributed by atoms with Gasteiger partial charge in [0, 0.05) is 25.5 Å². The van der Waals surface area contributed by atoms with Crippen LogP contribution in [0.1, 0.15) is 11.3 Å². The summed E-state index contributed by atoms with van der Waals surface area (Å²) in [4.78, 5) is 8.40. The maximum absolute atomic E-state index is 4.26. The fourth-order valence-corrected chi connectivity index (χ4v) is 1.48. The van der Waals surface area contributed by atoms with Gasteiger partial charge in [0.1, 0.15) is 0 Å². The third-order valence-electron chi connectivity index (χ3n) is 2.50. The lowest BCUT2D eigenvalue weighted by Gasteiger charge is -2.07. The van der Waals surface area contributed by atoms with E-state index in [2.05, 4.69) is 26.7 Å². The van der Waals surface area contributed by atoms with Crippen molar-refractivity contribution in [1.29, 1.82) is 0 Å². The predicted molar refractivity (Wildman–Crippen MR) is 70.1 cm³/mol. The lowest BCUT2D eigenvalue weighted by atomic mass is 10.2. The van der Waals surface area contributed by atoms with Crippen molar-refractivity contribution >= 4 is 11.4 Å². The highest BCUT2D eigenvalue weighted by molar-refractivity contribution is 5.53. The first-order valence-electron chi connectivity index (χ1n) is 5.56. The zero-order chi connectivity index (χ0) is 12.1. The number of anilines is 2. The van der Waals surface area contributed by atoms with E-state index in [9.17, 15) is 0 Å². The van der Waals surface area contributed by atoms with Crippen LogP contribution in [-0.4, -0.2) is 17.0 Å². The van der Waals surface area contributed by atoms with Crippen molar-refractivity contribution in [3.05, 3.63) is 48.0 Å². The summed E-state index contributed by atoms with van der Waals surface area (Å²) in [5.74, 6) is 0. The van der Waals surface area contributed by atoms with Crippen LogP contribution in [0.3, 0.4) is 0 Å². The SMILES string of the molecule is CNc1cncc(NCc2ccc(C)nc2)c1. The van der Waals surface area contributed by atoms with Crippen LogP contribution >= 0.6 is 0 Å². The maximum Gasteiger partial charge on any atom is 0.0550 e. The van der Waals surface area contributed by atoms with Gasteiger partial charge in [0.15, 0.2) is 0 Å². The molecule has 0 atom stereocenters. The van der Waals surface area contributed by atoms with Crippen molar-refractivity contribution in [2.75, 3.05) is 17.7 Å². The van der Waals surface area contributed by atoms with Crippen molar-refractivity contribution in [3.63, 3.8) is 0 Å². The fourth-order valence-electron chi connectivity index (χ4n) is 1.48. The number of pyridine rings is 2. The first-order chi connectivity index (χ1) is 8.28. The lowest BCUT2D eigenvalue weighted by molar-refractivity contribution is 1.08. The third-order valence-corrected chi connectivity index (χ3v) is 2.50. The summed E-state index contributed by atoms with van der Waals surface area (Å²) in [7, 11) is 1.88. The van der Waals surface area contributed by atoms with Gasteiger partial charge in [-0.3, -0.25) is 9.97 Å². The first-order valence-corrected chi connectivity index (χ1v) is 5.56. The maximum atomic E-state index is 4.26. The minimum absolute atomic E-state index is 0.752. The molecule has 0 radical (unpaired) electrons. The molecule has 0 aliphatic carbocycles. The summed E-state index contributed by atoms with van der Waals surface area (Å²) in [5, 5.41) is 6.37. The van der Waals surface area contributed by atoms with E-state index in [1.54, 1.807) is 6.20 Å². The minimum Gasteiger partial charge on any atom is -0.387 e. The van der Waals surface area contributed by atoms with Gasteiger partial charge < -0.3 is 10.6 Å². The van der Waals surface area contributed by atoms with Gasteiger partial charge in [0.25, 0.3) is 0 Å². The molecule has 4 nitrogen and oxygen atoms in total. The molecule has 0 unspecified atom stereocenters. The molecule has 0 saturated heterocycles. The molecule has 0 aliphatic heterocycles. The van der Waals surface area contributed by atoms with E-state index in [1.807, 2.05) is 38.5 Å². The van der Waals surface area contributed by atoms with Crippen LogP contribution < -0.4 is 10.6 Å². The largest absolute Gasteiger partial charge is 0.387 e. The number of nitrogens with one attached hydrogen (secondary N) is 2. The van der Waals surface area contributed by atoms with Gasteiger partial charge >= 0.3 is 0 Å². The van der Waals surface area contributed by atoms with Crippen molar-refractivity contribution < 1.29 is 0 Å². The second-order valence-electron chi connectivity index (χ2n) is 3.87. The molecule has 0 bridgehead atoms. The molecule has 88 valence electrons. The van der Waals surface area contributed by atoms with Crippen molar-refractivity contribution in [2.45, 2.75) is 13.5 Å². The van der Waals surface area contributed by atoms with E-state index in [1.165, 1.54) is 0 Å². The summed E-state index contributed by atoms with van der Waals surface area (Å²) < 4.78 is 0. The molecule has 0 fully saturated rings. The van der Waals surface area contributed by atoms with Crippen LogP contribution in [0, 0.1) is 6.92 Å². The third kappa shape index (κ3) is 3.17. The summed E-state index contributed by atoms with van der Waals surface area (Å²) in [6, 6.07) is 6.11. The molecule has 2 aromatic heterocycles. The average Bonchev–Trinajstić information content (AvgIpc) is 2.38. The van der Waals surface area contributed by atoms with Gasteiger partial charge in [-0.15, -0.1) is 0 Å². The number of aromatic nitrogens is 2. The first kappa shape index (κ1) is 11.4. The molecule has 0 amide bonds. The number of hydrogen-bond donors (Lipinski definition) is 2. The highest BCUT2D eigenvalue weighted by atomic mass is 14.9. The molecule has 2 N–H and O–H groups in total. The Hall–Kier alpha value is -2.10. The van der Waals surface area contributed by atoms with E-state index < -0.39 is 0 Å². The van der Waals surface area contributed by atoms with Crippen LogP contribution in [-0.2, 0) is 6.54 Å². The predicted octanol–water partition coefficient (Wildman–Crippen LogP) is 2.44. The van der Waals surface area contributed by atoms with Gasteiger partial charge in [-0.05, 0) is 24.6 Å². The van der Waals surface area contributed by atoms with Crippen LogP contribution in [0.25, 0.3) is 0 Å². The summed E-state index contributed by atoms with van der Waals surface area (Å²) in [6.45, 7) is 2.74. The van der Waals surface area contributed by atoms with E-state index in [-0.39, 0.29) is 0 Å². The highest BCUT2D eigenvalue weighted by Gasteiger charge is 1.96. The normalized spacial score (nSPS) is 10.0. The van der Waals surface area contributed by atoms with Gasteiger partial charge in [-0.1, -0.05) is 6.07 Å². The summed E-state index contributed by atoms with van der Waals surface area (Å²) in [5.41, 5.74) is 4.19. The molecule has 2 aromatic rings. The zero-order valence-electron chi connectivity index (χ0n) is 10.1. The van der Waals surface area contributed by atoms with Crippen molar-refractivity contribution in [3.8, 4) is 0 Å². The molecule has 2 rings (SSSR count). The Labute approximate surface area is 101 Å². The van der Waals surface area contributed by atoms with Gasteiger partial charge in [-0.25, -0.2) is 0 Å². The summed E-state index contributed by atoms with van der Waals surface area (Å²) >= 11 is 0. The van der Waals surface area contributed by atoms with Gasteiger partial charge in [0.05, 0.1) is 23.8 Å². The monoisotopic (exact) mass is 228 g/mol. The molecule has 0 spiro atoms. The van der Waals surface area contributed by atoms with Crippen molar-refractivity contribution in [1.82, 2.24) is 9.97 Å². The zero-order valence-corrected chi connectivity index (χ0v) is 10.1. The molecule has 0 aliphatic rings. The Morgan fingerprint density at radius 3 is 2.65 bits per heavy atom. The van der Waals surface area contributed by atoms with E-state index >= 15 is 0 Å². The second-order valence-corrected chi connectivity index (χ2v) is 3.87. The Bertz CT molecular complexity index is 479. The smallest absolute Gasteiger partial charge is 0.0550 e. The van der Waals surface area contributed by atoms with Crippen LogP contribution in [0.4, 0.5) is 11.4 Å². The molecule has 0 aromatic carbocycles. The van der Waals surface area contributed by atoms with Gasteiger partial charge in [-0.2, -0.15) is 0 Å². The topological polar surface area (TPSA) is 49.8 Å². The molecule has 0 saturated carbocycles. The molecular formula is C13H16N4. The Kier molecular flexibility index (Phi) is 3.55. The number of nitrogens with zero attached hydrogens (tertiary/aromatic N) is 2. The fraction of sp³-hybridized carbons (Fsp3) is 0.231. The van der Waals surface area contributed by atoms with E-state index in [0.29, 0.717) is 0 Å².